The molecular weight excluding hydrogens is 262 g/mol. The van der Waals surface area contributed by atoms with Crippen LogP contribution in [-0.4, -0.2) is 46.5 Å². The summed E-state index contributed by atoms with van der Waals surface area (Å²) in [5.74, 6) is -0.881. The molecule has 20 heavy (non-hydrogen) atoms. The zero-order valence-electron chi connectivity index (χ0n) is 12.4. The van der Waals surface area contributed by atoms with Gasteiger partial charge in [0.2, 0.25) is 0 Å². The third kappa shape index (κ3) is 2.17. The molecule has 6 heteroatoms. The van der Waals surface area contributed by atoms with Crippen LogP contribution in [0.2, 0.25) is 0 Å². The topological polar surface area (TPSA) is 72.9 Å². The van der Waals surface area contributed by atoms with E-state index in [9.17, 15) is 14.4 Å². The van der Waals surface area contributed by atoms with Gasteiger partial charge in [0.25, 0.3) is 0 Å². The predicted molar refractivity (Wildman–Crippen MR) is 70.1 cm³/mol. The highest BCUT2D eigenvalue weighted by molar-refractivity contribution is 6.17. The minimum atomic E-state index is -1.13. The second-order valence-corrected chi connectivity index (χ2v) is 6.25. The molecule has 1 aliphatic heterocycles. The summed E-state index contributed by atoms with van der Waals surface area (Å²) in [5.41, 5.74) is -1.49. The van der Waals surface area contributed by atoms with Gasteiger partial charge in [-0.25, -0.2) is 9.59 Å². The van der Waals surface area contributed by atoms with Gasteiger partial charge < -0.3 is 9.47 Å². The molecule has 0 aromatic carbocycles. The molecule has 0 N–H and O–H groups in total. The number of carbonyl (C=O) groups excluding carboxylic acids is 3. The van der Waals surface area contributed by atoms with Gasteiger partial charge in [-0.2, -0.15) is 0 Å². The first-order valence-electron chi connectivity index (χ1n) is 6.96. The number of nitrogens with zero attached hydrogens (tertiary/aromatic N) is 1. The number of hydrogen-bond donors (Lipinski definition) is 0. The van der Waals surface area contributed by atoms with Crippen LogP contribution < -0.4 is 0 Å². The zero-order valence-corrected chi connectivity index (χ0v) is 12.4. The van der Waals surface area contributed by atoms with Gasteiger partial charge >= 0.3 is 12.1 Å². The van der Waals surface area contributed by atoms with Gasteiger partial charge in [-0.1, -0.05) is 0 Å². The maximum Gasteiger partial charge on any atom is 0.412 e. The van der Waals surface area contributed by atoms with Crippen LogP contribution >= 0.6 is 0 Å². The molecule has 0 bridgehead atoms. The van der Waals surface area contributed by atoms with Gasteiger partial charge in [-0.15, -0.1) is 0 Å². The van der Waals surface area contributed by atoms with Crippen LogP contribution in [0.3, 0.4) is 0 Å². The van der Waals surface area contributed by atoms with Crippen LogP contribution in [0.15, 0.2) is 0 Å². The van der Waals surface area contributed by atoms with Crippen molar-refractivity contribution in [3.8, 4) is 0 Å². The fraction of sp³-hybridized carbons (Fsp3) is 0.786. The Bertz CT molecular complexity index is 447. The summed E-state index contributed by atoms with van der Waals surface area (Å²) < 4.78 is 10.2. The minimum Gasteiger partial charge on any atom is -0.464 e. The number of likely N-dealkylation sites (tertiary alicyclic amines) is 1. The minimum absolute atomic E-state index is 0.178. The van der Waals surface area contributed by atoms with Crippen LogP contribution in [0.4, 0.5) is 4.79 Å². The molecule has 1 atom stereocenters. The first-order chi connectivity index (χ1) is 9.23. The van der Waals surface area contributed by atoms with Crippen molar-refractivity contribution in [3.05, 3.63) is 0 Å². The lowest BCUT2D eigenvalue weighted by molar-refractivity contribution is -0.182. The van der Waals surface area contributed by atoms with E-state index in [0.29, 0.717) is 12.8 Å². The highest BCUT2D eigenvalue weighted by Crippen LogP contribution is 2.48. The lowest BCUT2D eigenvalue weighted by Gasteiger charge is -2.58. The van der Waals surface area contributed by atoms with Gasteiger partial charge in [-0.3, -0.25) is 9.69 Å². The van der Waals surface area contributed by atoms with Crippen molar-refractivity contribution in [1.82, 2.24) is 4.90 Å². The molecule has 1 saturated carbocycles. The summed E-state index contributed by atoms with van der Waals surface area (Å²) in [6, 6.07) is -1.13. The lowest BCUT2D eigenvalue weighted by atomic mass is 9.63. The number of ether oxygens (including phenoxy) is 2. The Morgan fingerprint density at radius 2 is 1.95 bits per heavy atom. The zero-order chi connectivity index (χ0) is 15.1. The maximum absolute atomic E-state index is 12.3. The number of ketones is 1. The molecule has 112 valence electrons. The van der Waals surface area contributed by atoms with Gasteiger partial charge in [0, 0.05) is 0 Å². The Morgan fingerprint density at radius 1 is 1.35 bits per heavy atom. The normalized spacial score (nSPS) is 23.9. The molecule has 1 unspecified atom stereocenters. The van der Waals surface area contributed by atoms with Gasteiger partial charge in [0.1, 0.15) is 11.1 Å². The molecule has 1 aliphatic carbocycles. The molecule has 6 nitrogen and oxygen atoms in total. The SMILES string of the molecule is CCOC(=O)C1C(=O)C2(CCC2)N1C(=O)OC(C)(C)C. The van der Waals surface area contributed by atoms with Gasteiger partial charge in [0.05, 0.1) is 6.61 Å². The molecule has 1 heterocycles. The van der Waals surface area contributed by atoms with Crippen LogP contribution in [0.5, 0.6) is 0 Å². The van der Waals surface area contributed by atoms with E-state index in [1.807, 2.05) is 0 Å². The Hall–Kier alpha value is -1.59. The average molecular weight is 283 g/mol. The van der Waals surface area contributed by atoms with E-state index in [2.05, 4.69) is 0 Å². The number of esters is 1. The van der Waals surface area contributed by atoms with E-state index in [4.69, 9.17) is 9.47 Å². The number of Topliss-reactive ketones (excluding diaryl/α,β-unsaturated/α-hetero) is 1. The molecule has 0 aromatic rings. The van der Waals surface area contributed by atoms with Crippen molar-refractivity contribution in [2.45, 2.75) is 64.1 Å². The fourth-order valence-electron chi connectivity index (χ4n) is 2.70. The van der Waals surface area contributed by atoms with Crippen molar-refractivity contribution in [2.24, 2.45) is 0 Å². The van der Waals surface area contributed by atoms with Crippen LogP contribution in [0.1, 0.15) is 47.0 Å². The van der Waals surface area contributed by atoms with Gasteiger partial charge in [-0.05, 0) is 47.0 Å². The Balaban J connectivity index is 2.18. The van der Waals surface area contributed by atoms with E-state index in [-0.39, 0.29) is 12.4 Å². The van der Waals surface area contributed by atoms with Crippen LogP contribution in [-0.2, 0) is 19.1 Å². The Morgan fingerprint density at radius 3 is 2.35 bits per heavy atom. The third-order valence-electron chi connectivity index (χ3n) is 3.71. The quantitative estimate of drug-likeness (QED) is 0.569. The summed E-state index contributed by atoms with van der Waals surface area (Å²) in [4.78, 5) is 37.6. The number of rotatable bonds is 2. The molecule has 0 aromatic heterocycles. The number of carbonyl (C=O) groups is 3. The maximum atomic E-state index is 12.3. The number of amides is 1. The standard InChI is InChI=1S/C14H21NO5/c1-5-19-11(17)9-10(16)14(7-6-8-14)15(9)12(18)20-13(2,3)4/h9H,5-8H2,1-4H3. The second-order valence-electron chi connectivity index (χ2n) is 6.25. The monoisotopic (exact) mass is 283 g/mol. The average Bonchev–Trinajstić information content (AvgIpc) is 2.21. The second kappa shape index (κ2) is 4.75. The van der Waals surface area contributed by atoms with E-state index in [0.717, 1.165) is 6.42 Å². The Labute approximate surface area is 118 Å². The molecule has 1 saturated heterocycles. The van der Waals surface area contributed by atoms with E-state index < -0.39 is 29.2 Å². The summed E-state index contributed by atoms with van der Waals surface area (Å²) >= 11 is 0. The fourth-order valence-corrected chi connectivity index (χ4v) is 2.70. The summed E-state index contributed by atoms with van der Waals surface area (Å²) in [6.45, 7) is 7.09. The third-order valence-corrected chi connectivity index (χ3v) is 3.71. The summed E-state index contributed by atoms with van der Waals surface area (Å²) in [7, 11) is 0. The van der Waals surface area contributed by atoms with E-state index in [1.54, 1.807) is 27.7 Å². The van der Waals surface area contributed by atoms with Crippen molar-refractivity contribution in [3.63, 3.8) is 0 Å². The largest absolute Gasteiger partial charge is 0.464 e. The van der Waals surface area contributed by atoms with Crippen LogP contribution in [0.25, 0.3) is 0 Å². The Kier molecular flexibility index (Phi) is 3.52. The first kappa shape index (κ1) is 14.8. The molecule has 2 rings (SSSR count). The van der Waals surface area contributed by atoms with Gasteiger partial charge in [0.15, 0.2) is 11.8 Å². The molecular formula is C14H21NO5. The molecule has 1 amide bonds. The highest BCUT2D eigenvalue weighted by Gasteiger charge is 2.68. The molecule has 1 spiro atoms. The summed E-state index contributed by atoms with van der Waals surface area (Å²) in [5, 5.41) is 0. The van der Waals surface area contributed by atoms with E-state index in [1.165, 1.54) is 4.90 Å². The van der Waals surface area contributed by atoms with Crippen molar-refractivity contribution in [2.75, 3.05) is 6.61 Å². The van der Waals surface area contributed by atoms with Crippen molar-refractivity contribution < 1.29 is 23.9 Å². The highest BCUT2D eigenvalue weighted by atomic mass is 16.6. The predicted octanol–water partition coefficient (Wildman–Crippen LogP) is 1.66. The van der Waals surface area contributed by atoms with Crippen molar-refractivity contribution >= 4 is 17.8 Å². The van der Waals surface area contributed by atoms with Crippen LogP contribution in [0, 0.1) is 0 Å². The number of hydrogen-bond acceptors (Lipinski definition) is 5. The van der Waals surface area contributed by atoms with Crippen molar-refractivity contribution in [1.29, 1.82) is 0 Å². The first-order valence-corrected chi connectivity index (χ1v) is 6.96. The van der Waals surface area contributed by atoms with E-state index >= 15 is 0 Å². The molecule has 2 fully saturated rings. The summed E-state index contributed by atoms with van der Waals surface area (Å²) in [6.07, 6.45) is 1.46. The smallest absolute Gasteiger partial charge is 0.412 e. The lowest BCUT2D eigenvalue weighted by Crippen LogP contribution is -2.80. The molecule has 2 aliphatic rings. The molecule has 0 radical (unpaired) electrons.